The van der Waals surface area contributed by atoms with Crippen molar-refractivity contribution in [3.8, 4) is 5.75 Å². The summed E-state index contributed by atoms with van der Waals surface area (Å²) in [5, 5.41) is 0. The van der Waals surface area contributed by atoms with Gasteiger partial charge in [-0.1, -0.05) is 30.3 Å². The number of ether oxygens (including phenoxy) is 1. The molecule has 0 bridgehead atoms. The van der Waals surface area contributed by atoms with E-state index in [9.17, 15) is 4.79 Å². The van der Waals surface area contributed by atoms with E-state index in [1.54, 1.807) is 12.0 Å². The molecule has 0 fully saturated rings. The number of pyridine rings is 1. The molecule has 3 aromatic rings. The molecule has 0 radical (unpaired) electrons. The number of hydrogen-bond acceptors (Lipinski definition) is 3. The van der Waals surface area contributed by atoms with Gasteiger partial charge < -0.3 is 9.64 Å². The van der Waals surface area contributed by atoms with Crippen LogP contribution in [0.15, 0.2) is 66.7 Å². The zero-order valence-corrected chi connectivity index (χ0v) is 15.3. The number of benzene rings is 2. The molecule has 4 nitrogen and oxygen atoms in total. The van der Waals surface area contributed by atoms with Gasteiger partial charge in [0.25, 0.3) is 5.91 Å². The van der Waals surface area contributed by atoms with Crippen LogP contribution in [-0.4, -0.2) is 18.0 Å². The van der Waals surface area contributed by atoms with Crippen LogP contribution in [0.4, 0.5) is 5.69 Å². The Morgan fingerprint density at radius 2 is 1.65 bits per heavy atom. The van der Waals surface area contributed by atoms with Crippen LogP contribution in [0.5, 0.6) is 5.75 Å². The molecule has 0 atom stereocenters. The highest BCUT2D eigenvalue weighted by atomic mass is 16.5. The van der Waals surface area contributed by atoms with Gasteiger partial charge in [0.15, 0.2) is 0 Å². The normalized spacial score (nSPS) is 10.4. The fraction of sp³-hybridized carbons (Fsp3) is 0.182. The zero-order chi connectivity index (χ0) is 18.5. The predicted octanol–water partition coefficient (Wildman–Crippen LogP) is 4.55. The van der Waals surface area contributed by atoms with Crippen LogP contribution in [0.2, 0.25) is 0 Å². The van der Waals surface area contributed by atoms with Crippen molar-refractivity contribution in [2.75, 3.05) is 12.0 Å². The largest absolute Gasteiger partial charge is 0.497 e. The van der Waals surface area contributed by atoms with Crippen molar-refractivity contribution in [3.63, 3.8) is 0 Å². The summed E-state index contributed by atoms with van der Waals surface area (Å²) in [6.07, 6.45) is 0. The molecule has 132 valence electrons. The van der Waals surface area contributed by atoms with E-state index in [1.165, 1.54) is 0 Å². The molecule has 0 N–H and O–H groups in total. The second kappa shape index (κ2) is 7.83. The van der Waals surface area contributed by atoms with Crippen molar-refractivity contribution < 1.29 is 9.53 Å². The smallest absolute Gasteiger partial charge is 0.260 e. The minimum absolute atomic E-state index is 0.0657. The molecule has 0 unspecified atom stereocenters. The maximum atomic E-state index is 13.3. The van der Waals surface area contributed by atoms with E-state index >= 15 is 0 Å². The van der Waals surface area contributed by atoms with E-state index < -0.39 is 0 Å². The summed E-state index contributed by atoms with van der Waals surface area (Å²) in [6, 6.07) is 21.2. The molecule has 26 heavy (non-hydrogen) atoms. The summed E-state index contributed by atoms with van der Waals surface area (Å²) in [4.78, 5) is 19.5. The topological polar surface area (TPSA) is 42.4 Å². The van der Waals surface area contributed by atoms with Crippen LogP contribution < -0.4 is 9.64 Å². The Morgan fingerprint density at radius 1 is 0.962 bits per heavy atom. The lowest BCUT2D eigenvalue weighted by atomic mass is 10.1. The molecule has 2 aromatic carbocycles. The highest BCUT2D eigenvalue weighted by molar-refractivity contribution is 6.06. The Hall–Kier alpha value is -3.14. The zero-order valence-electron chi connectivity index (χ0n) is 15.3. The first-order valence-electron chi connectivity index (χ1n) is 8.52. The van der Waals surface area contributed by atoms with Gasteiger partial charge in [0, 0.05) is 11.4 Å². The lowest BCUT2D eigenvalue weighted by Gasteiger charge is -2.24. The number of aryl methyl sites for hydroxylation is 2. The third-order valence-corrected chi connectivity index (χ3v) is 4.27. The molecule has 0 saturated carbocycles. The number of anilines is 1. The van der Waals surface area contributed by atoms with Gasteiger partial charge in [-0.2, -0.15) is 0 Å². The molecule has 0 aliphatic heterocycles. The fourth-order valence-corrected chi connectivity index (χ4v) is 2.87. The van der Waals surface area contributed by atoms with Crippen LogP contribution in [-0.2, 0) is 6.54 Å². The maximum Gasteiger partial charge on any atom is 0.260 e. The monoisotopic (exact) mass is 346 g/mol. The number of amides is 1. The van der Waals surface area contributed by atoms with E-state index in [1.807, 2.05) is 80.6 Å². The van der Waals surface area contributed by atoms with E-state index in [4.69, 9.17) is 4.74 Å². The Bertz CT molecular complexity index is 890. The molecule has 0 saturated heterocycles. The van der Waals surface area contributed by atoms with Crippen LogP contribution >= 0.6 is 0 Å². The van der Waals surface area contributed by atoms with Crippen LogP contribution in [0.1, 0.15) is 27.3 Å². The molecule has 3 rings (SSSR count). The third kappa shape index (κ3) is 3.91. The Morgan fingerprint density at radius 3 is 2.27 bits per heavy atom. The van der Waals surface area contributed by atoms with Gasteiger partial charge in [0.05, 0.1) is 24.9 Å². The summed E-state index contributed by atoms with van der Waals surface area (Å²) in [5.41, 5.74) is 4.14. The molecule has 0 aliphatic carbocycles. The number of aromatic nitrogens is 1. The summed E-state index contributed by atoms with van der Waals surface area (Å²) >= 11 is 0. The molecule has 0 aliphatic rings. The highest BCUT2D eigenvalue weighted by Gasteiger charge is 2.20. The number of nitrogens with zero attached hydrogens (tertiary/aromatic N) is 2. The Kier molecular flexibility index (Phi) is 5.32. The van der Waals surface area contributed by atoms with Gasteiger partial charge in [0.2, 0.25) is 0 Å². The van der Waals surface area contributed by atoms with E-state index in [-0.39, 0.29) is 5.91 Å². The van der Waals surface area contributed by atoms with Gasteiger partial charge in [-0.05, 0) is 55.8 Å². The Labute approximate surface area is 154 Å². The van der Waals surface area contributed by atoms with Crippen LogP contribution in [0, 0.1) is 13.8 Å². The van der Waals surface area contributed by atoms with Crippen molar-refractivity contribution in [3.05, 3.63) is 89.2 Å². The van der Waals surface area contributed by atoms with Gasteiger partial charge in [-0.25, -0.2) is 0 Å². The summed E-state index contributed by atoms with van der Waals surface area (Å²) < 4.78 is 5.23. The van der Waals surface area contributed by atoms with Gasteiger partial charge in [-0.15, -0.1) is 0 Å². The number of methoxy groups -OCH3 is 1. The number of carbonyl (C=O) groups is 1. The molecule has 4 heteroatoms. The number of hydrogen-bond donors (Lipinski definition) is 0. The highest BCUT2D eigenvalue weighted by Crippen LogP contribution is 2.24. The summed E-state index contributed by atoms with van der Waals surface area (Å²) in [5.74, 6) is 0.693. The molecule has 1 amide bonds. The molecule has 1 aromatic heterocycles. The van der Waals surface area contributed by atoms with Crippen molar-refractivity contribution in [1.29, 1.82) is 0 Å². The van der Waals surface area contributed by atoms with E-state index in [2.05, 4.69) is 4.98 Å². The quantitative estimate of drug-likeness (QED) is 0.680. The van der Waals surface area contributed by atoms with Gasteiger partial charge in [0.1, 0.15) is 5.75 Å². The summed E-state index contributed by atoms with van der Waals surface area (Å²) in [6.45, 7) is 4.28. The first kappa shape index (κ1) is 17.7. The first-order valence-corrected chi connectivity index (χ1v) is 8.52. The molecule has 1 heterocycles. The lowest BCUT2D eigenvalue weighted by molar-refractivity contribution is 0.0984. The maximum absolute atomic E-state index is 13.3. The average molecular weight is 346 g/mol. The van der Waals surface area contributed by atoms with Gasteiger partial charge >= 0.3 is 0 Å². The predicted molar refractivity (Wildman–Crippen MR) is 104 cm³/mol. The van der Waals surface area contributed by atoms with Crippen LogP contribution in [0.25, 0.3) is 0 Å². The minimum atomic E-state index is -0.0657. The Balaban J connectivity index is 1.99. The fourth-order valence-electron chi connectivity index (χ4n) is 2.87. The molecule has 0 spiro atoms. The molecular formula is C22H22N2O2. The average Bonchev–Trinajstić information content (AvgIpc) is 2.66. The first-order chi connectivity index (χ1) is 12.6. The number of carbonyl (C=O) groups excluding carboxylic acids is 1. The van der Waals surface area contributed by atoms with E-state index in [0.29, 0.717) is 12.1 Å². The van der Waals surface area contributed by atoms with Crippen LogP contribution in [0.3, 0.4) is 0 Å². The minimum Gasteiger partial charge on any atom is -0.497 e. The van der Waals surface area contributed by atoms with Crippen molar-refractivity contribution in [1.82, 2.24) is 4.98 Å². The second-order valence-electron chi connectivity index (χ2n) is 6.16. The van der Waals surface area contributed by atoms with Crippen molar-refractivity contribution >= 4 is 11.6 Å². The SMILES string of the molecule is COc1ccc(N(Cc2ccccc2)C(=O)c2ccc(C)nc2C)cc1. The van der Waals surface area contributed by atoms with Crippen molar-refractivity contribution in [2.45, 2.75) is 20.4 Å². The van der Waals surface area contributed by atoms with Crippen molar-refractivity contribution in [2.24, 2.45) is 0 Å². The van der Waals surface area contributed by atoms with Gasteiger partial charge in [-0.3, -0.25) is 9.78 Å². The second-order valence-corrected chi connectivity index (χ2v) is 6.16. The van der Waals surface area contributed by atoms with E-state index in [0.717, 1.165) is 28.4 Å². The lowest BCUT2D eigenvalue weighted by Crippen LogP contribution is -2.31. The summed E-state index contributed by atoms with van der Waals surface area (Å²) in [7, 11) is 1.63. The third-order valence-electron chi connectivity index (χ3n) is 4.27. The number of rotatable bonds is 5. The standard InChI is InChI=1S/C22H22N2O2/c1-16-9-14-21(17(2)23-16)22(25)24(15-18-7-5-4-6-8-18)19-10-12-20(26-3)13-11-19/h4-14H,15H2,1-3H3. The molecular weight excluding hydrogens is 324 g/mol.